The zero-order valence-electron chi connectivity index (χ0n) is 16.7. The van der Waals surface area contributed by atoms with Crippen molar-refractivity contribution >= 4 is 38.6 Å². The van der Waals surface area contributed by atoms with Gasteiger partial charge < -0.3 is 10.1 Å². The van der Waals surface area contributed by atoms with Crippen LogP contribution in [0.5, 0.6) is 5.75 Å². The largest absolute Gasteiger partial charge is 0.435 e. The molecule has 3 aromatic rings. The molecule has 170 valence electrons. The molecule has 11 heteroatoms. The number of ether oxygens (including phenoxy) is 1. The van der Waals surface area contributed by atoms with Crippen molar-refractivity contribution in [2.24, 2.45) is 0 Å². The zero-order chi connectivity index (χ0) is 22.7. The third kappa shape index (κ3) is 5.17. The van der Waals surface area contributed by atoms with Crippen LogP contribution in [0.25, 0.3) is 0 Å². The number of carbonyl (C=O) groups is 1. The van der Waals surface area contributed by atoms with Crippen LogP contribution >= 0.6 is 22.7 Å². The van der Waals surface area contributed by atoms with Gasteiger partial charge in [-0.1, -0.05) is 12.1 Å². The molecular weight excluding hydrogens is 478 g/mol. The summed E-state index contributed by atoms with van der Waals surface area (Å²) in [6.45, 7) is -2.75. The lowest BCUT2D eigenvalue weighted by molar-refractivity contribution is -0.0499. The molecule has 1 aromatic carbocycles. The molecule has 0 saturated heterocycles. The van der Waals surface area contributed by atoms with Gasteiger partial charge in [0, 0.05) is 11.4 Å². The Kier molecular flexibility index (Phi) is 6.89. The van der Waals surface area contributed by atoms with Crippen LogP contribution in [0.2, 0.25) is 0 Å². The minimum atomic E-state index is -3.87. The number of hydrogen-bond acceptors (Lipinski definition) is 6. The van der Waals surface area contributed by atoms with Crippen molar-refractivity contribution in [3.05, 3.63) is 68.0 Å². The highest BCUT2D eigenvalue weighted by atomic mass is 32.2. The summed E-state index contributed by atoms with van der Waals surface area (Å²) >= 11 is 2.49. The van der Waals surface area contributed by atoms with Crippen molar-refractivity contribution in [1.82, 2.24) is 10.0 Å². The molecule has 1 aliphatic rings. The summed E-state index contributed by atoms with van der Waals surface area (Å²) in [6, 6.07) is 9.42. The number of carbonyl (C=O) groups excluding carboxylic acids is 1. The molecule has 0 saturated carbocycles. The Bertz CT molecular complexity index is 1190. The van der Waals surface area contributed by atoms with Crippen LogP contribution in [0.15, 0.2) is 52.1 Å². The number of benzene rings is 1. The van der Waals surface area contributed by atoms with Crippen LogP contribution in [0.3, 0.4) is 0 Å². The molecule has 2 aromatic heterocycles. The average Bonchev–Trinajstić information content (AvgIpc) is 3.44. The Morgan fingerprint density at radius 2 is 2.03 bits per heavy atom. The molecule has 2 N–H and O–H groups in total. The lowest BCUT2D eigenvalue weighted by Crippen LogP contribution is -2.32. The van der Waals surface area contributed by atoms with Crippen molar-refractivity contribution in [2.45, 2.75) is 43.4 Å². The summed E-state index contributed by atoms with van der Waals surface area (Å²) in [5.74, 6) is -0.406. The summed E-state index contributed by atoms with van der Waals surface area (Å²) in [7, 11) is -3.87. The number of amides is 1. The normalized spacial score (nSPS) is 16.0. The predicted octanol–water partition coefficient (Wildman–Crippen LogP) is 4.70. The van der Waals surface area contributed by atoms with Gasteiger partial charge in [-0.3, -0.25) is 4.79 Å². The first-order valence-electron chi connectivity index (χ1n) is 9.81. The molecule has 2 heterocycles. The molecule has 0 fully saturated rings. The maximum absolute atomic E-state index is 13.0. The van der Waals surface area contributed by atoms with E-state index in [9.17, 15) is 22.0 Å². The van der Waals surface area contributed by atoms with E-state index in [4.69, 9.17) is 0 Å². The lowest BCUT2D eigenvalue weighted by atomic mass is 9.87. The Labute approximate surface area is 192 Å². The zero-order valence-corrected chi connectivity index (χ0v) is 19.2. The Balaban J connectivity index is 1.49. The van der Waals surface area contributed by atoms with E-state index in [1.807, 2.05) is 17.5 Å². The first kappa shape index (κ1) is 22.8. The standard InChI is InChI=1S/C21H20F2N2O4S3/c22-21(23)29-14-6-7-16-13(11-14)3-1-5-17(16)25-20(26)19-18(8-10-31-19)32(27,28)24-12-15-4-2-9-30-15/h2,4,6-11,17,21,24H,1,3,5,12H2,(H,25,26). The first-order chi connectivity index (χ1) is 15.3. The monoisotopic (exact) mass is 498 g/mol. The predicted molar refractivity (Wildman–Crippen MR) is 119 cm³/mol. The minimum absolute atomic E-state index is 0.0618. The summed E-state index contributed by atoms with van der Waals surface area (Å²) < 4.78 is 57.5. The lowest BCUT2D eigenvalue weighted by Gasteiger charge is -2.27. The van der Waals surface area contributed by atoms with Crippen molar-refractivity contribution in [3.8, 4) is 5.75 Å². The number of hydrogen-bond donors (Lipinski definition) is 2. The van der Waals surface area contributed by atoms with Gasteiger partial charge in [0.25, 0.3) is 5.91 Å². The Hall–Kier alpha value is -2.34. The second kappa shape index (κ2) is 9.65. The molecule has 1 aliphatic carbocycles. The minimum Gasteiger partial charge on any atom is -0.435 e. The maximum Gasteiger partial charge on any atom is 0.387 e. The number of nitrogens with one attached hydrogen (secondary N) is 2. The van der Waals surface area contributed by atoms with Crippen LogP contribution < -0.4 is 14.8 Å². The summed E-state index contributed by atoms with van der Waals surface area (Å²) in [6.07, 6.45) is 2.11. The molecule has 1 amide bonds. The number of halogens is 2. The molecule has 1 unspecified atom stereocenters. The van der Waals surface area contributed by atoms with Gasteiger partial charge in [-0.2, -0.15) is 8.78 Å². The van der Waals surface area contributed by atoms with Gasteiger partial charge in [-0.25, -0.2) is 13.1 Å². The van der Waals surface area contributed by atoms with Crippen LogP contribution in [0.1, 0.15) is 44.6 Å². The molecule has 32 heavy (non-hydrogen) atoms. The third-order valence-electron chi connectivity index (χ3n) is 5.10. The number of thiophene rings is 2. The Morgan fingerprint density at radius 3 is 2.78 bits per heavy atom. The van der Waals surface area contributed by atoms with Crippen LogP contribution in [0, 0.1) is 0 Å². The molecule has 0 bridgehead atoms. The van der Waals surface area contributed by atoms with E-state index < -0.39 is 22.5 Å². The molecule has 4 rings (SSSR count). The van der Waals surface area contributed by atoms with Gasteiger partial charge in [-0.15, -0.1) is 22.7 Å². The average molecular weight is 499 g/mol. The Morgan fingerprint density at radius 1 is 1.19 bits per heavy atom. The van der Waals surface area contributed by atoms with Gasteiger partial charge in [-0.05, 0) is 65.4 Å². The molecule has 0 spiro atoms. The summed E-state index contributed by atoms with van der Waals surface area (Å²) in [5.41, 5.74) is 1.65. The molecule has 6 nitrogen and oxygen atoms in total. The first-order valence-corrected chi connectivity index (χ1v) is 13.1. The SMILES string of the molecule is O=C(NC1CCCc2cc(OC(F)F)ccc21)c1sccc1S(=O)(=O)NCc1cccs1. The van der Waals surface area contributed by atoms with Gasteiger partial charge in [0.2, 0.25) is 10.0 Å². The van der Waals surface area contributed by atoms with E-state index in [1.54, 1.807) is 17.5 Å². The van der Waals surface area contributed by atoms with Gasteiger partial charge in [0.1, 0.15) is 15.5 Å². The number of rotatable bonds is 8. The molecular formula is C21H20F2N2O4S3. The molecule has 0 aliphatic heterocycles. The van der Waals surface area contributed by atoms with Crippen molar-refractivity contribution in [3.63, 3.8) is 0 Å². The van der Waals surface area contributed by atoms with Crippen molar-refractivity contribution in [1.29, 1.82) is 0 Å². The van der Waals surface area contributed by atoms with Crippen LogP contribution in [0.4, 0.5) is 8.78 Å². The number of sulfonamides is 1. The molecule has 1 atom stereocenters. The van der Waals surface area contributed by atoms with E-state index in [2.05, 4.69) is 14.8 Å². The van der Waals surface area contributed by atoms with Crippen molar-refractivity contribution in [2.75, 3.05) is 0 Å². The highest BCUT2D eigenvalue weighted by molar-refractivity contribution is 7.89. The second-order valence-corrected chi connectivity index (χ2v) is 10.9. The van der Waals surface area contributed by atoms with Gasteiger partial charge >= 0.3 is 6.61 Å². The van der Waals surface area contributed by atoms with Gasteiger partial charge in [0.05, 0.1) is 6.04 Å². The van der Waals surface area contributed by atoms with Crippen LogP contribution in [-0.2, 0) is 23.0 Å². The highest BCUT2D eigenvalue weighted by Crippen LogP contribution is 2.33. The van der Waals surface area contributed by atoms with Crippen LogP contribution in [-0.4, -0.2) is 20.9 Å². The van der Waals surface area contributed by atoms with E-state index in [0.29, 0.717) is 12.8 Å². The fourth-order valence-electron chi connectivity index (χ4n) is 3.67. The summed E-state index contributed by atoms with van der Waals surface area (Å²) in [5, 5.41) is 6.34. The number of aryl methyl sites for hydroxylation is 1. The van der Waals surface area contributed by atoms with Gasteiger partial charge in [0.15, 0.2) is 0 Å². The van der Waals surface area contributed by atoms with E-state index in [1.165, 1.54) is 23.5 Å². The van der Waals surface area contributed by atoms with E-state index in [-0.39, 0.29) is 28.1 Å². The highest BCUT2D eigenvalue weighted by Gasteiger charge is 2.28. The maximum atomic E-state index is 13.0. The van der Waals surface area contributed by atoms with E-state index in [0.717, 1.165) is 33.8 Å². The summed E-state index contributed by atoms with van der Waals surface area (Å²) in [4.78, 5) is 13.9. The van der Waals surface area contributed by atoms with Crippen molar-refractivity contribution < 1.29 is 26.7 Å². The van der Waals surface area contributed by atoms with E-state index >= 15 is 0 Å². The quantitative estimate of drug-likeness (QED) is 0.472. The smallest absolute Gasteiger partial charge is 0.387 e. The fraction of sp³-hybridized carbons (Fsp3) is 0.286. The second-order valence-electron chi connectivity index (χ2n) is 7.18. The number of fused-ring (bicyclic) bond motifs is 1. The number of alkyl halides is 2. The topological polar surface area (TPSA) is 84.5 Å². The fourth-order valence-corrected chi connectivity index (χ4v) is 6.74. The third-order valence-corrected chi connectivity index (χ3v) is 8.46. The molecule has 0 radical (unpaired) electrons.